The molecule has 0 bridgehead atoms. The maximum atomic E-state index is 4.78. The minimum atomic E-state index is 0.672. The van der Waals surface area contributed by atoms with Gasteiger partial charge in [-0.3, -0.25) is 4.68 Å². The average molecular weight is 313 g/mol. The van der Waals surface area contributed by atoms with E-state index in [2.05, 4.69) is 46.7 Å². The Kier molecular flexibility index (Phi) is 5.28. The lowest BCUT2D eigenvalue weighted by atomic mass is 9.95. The minimum Gasteiger partial charge on any atom is -0.269 e. The molecular weight excluding hydrogens is 288 g/mol. The zero-order valence-electron chi connectivity index (χ0n) is 11.6. The molecule has 1 aromatic heterocycles. The van der Waals surface area contributed by atoms with Crippen molar-refractivity contribution in [2.24, 2.45) is 11.8 Å². The SMILES string of the molecule is CC(C)CC(CBr)Cc1ccn(C2CCCC2)n1. The summed E-state index contributed by atoms with van der Waals surface area (Å²) in [6.45, 7) is 4.60. The monoisotopic (exact) mass is 312 g/mol. The Bertz CT molecular complexity index is 353. The standard InChI is InChI=1S/C15H25BrN2/c1-12(2)9-13(11-16)10-14-7-8-18(17-14)15-5-3-4-6-15/h7-8,12-13,15H,3-6,9-11H2,1-2H3. The van der Waals surface area contributed by atoms with Crippen LogP contribution >= 0.6 is 15.9 Å². The van der Waals surface area contributed by atoms with Crippen molar-refractivity contribution in [1.82, 2.24) is 9.78 Å². The van der Waals surface area contributed by atoms with E-state index in [9.17, 15) is 0 Å². The molecule has 1 aliphatic rings. The fourth-order valence-electron chi connectivity index (χ4n) is 3.02. The first-order valence-corrected chi connectivity index (χ1v) is 8.41. The molecule has 1 aliphatic carbocycles. The smallest absolute Gasteiger partial charge is 0.0627 e. The van der Waals surface area contributed by atoms with Gasteiger partial charge in [0.1, 0.15) is 0 Å². The molecule has 1 aromatic rings. The van der Waals surface area contributed by atoms with Gasteiger partial charge < -0.3 is 0 Å². The van der Waals surface area contributed by atoms with Crippen LogP contribution in [0.2, 0.25) is 0 Å². The van der Waals surface area contributed by atoms with Crippen LogP contribution in [-0.4, -0.2) is 15.1 Å². The molecule has 0 amide bonds. The number of alkyl halides is 1. The third-order valence-electron chi connectivity index (χ3n) is 3.88. The molecule has 0 aromatic carbocycles. The van der Waals surface area contributed by atoms with Crippen LogP contribution in [0.5, 0.6) is 0 Å². The van der Waals surface area contributed by atoms with Crippen LogP contribution in [0.25, 0.3) is 0 Å². The third-order valence-corrected chi connectivity index (χ3v) is 4.80. The van der Waals surface area contributed by atoms with Gasteiger partial charge in [0.2, 0.25) is 0 Å². The molecule has 2 rings (SSSR count). The van der Waals surface area contributed by atoms with E-state index in [1.54, 1.807) is 0 Å². The number of rotatable bonds is 6. The normalized spacial score (nSPS) is 18.7. The summed E-state index contributed by atoms with van der Waals surface area (Å²) < 4.78 is 2.21. The second-order valence-corrected chi connectivity index (χ2v) is 6.73. The van der Waals surface area contributed by atoms with E-state index in [4.69, 9.17) is 5.10 Å². The van der Waals surface area contributed by atoms with Crippen molar-refractivity contribution in [1.29, 1.82) is 0 Å². The molecule has 102 valence electrons. The highest BCUT2D eigenvalue weighted by molar-refractivity contribution is 9.09. The summed E-state index contributed by atoms with van der Waals surface area (Å²) in [6.07, 6.45) is 9.95. The molecule has 18 heavy (non-hydrogen) atoms. The van der Waals surface area contributed by atoms with Gasteiger partial charge in [-0.2, -0.15) is 5.10 Å². The Morgan fingerprint density at radius 1 is 1.39 bits per heavy atom. The number of nitrogens with zero attached hydrogens (tertiary/aromatic N) is 2. The molecule has 1 unspecified atom stereocenters. The largest absolute Gasteiger partial charge is 0.269 e. The van der Waals surface area contributed by atoms with Gasteiger partial charge in [-0.05, 0) is 43.6 Å². The van der Waals surface area contributed by atoms with E-state index in [0.29, 0.717) is 6.04 Å². The van der Waals surface area contributed by atoms with Crippen LogP contribution in [0, 0.1) is 11.8 Å². The quantitative estimate of drug-likeness (QED) is 0.702. The first-order valence-electron chi connectivity index (χ1n) is 7.29. The van der Waals surface area contributed by atoms with E-state index in [1.807, 2.05) is 0 Å². The highest BCUT2D eigenvalue weighted by atomic mass is 79.9. The van der Waals surface area contributed by atoms with Gasteiger partial charge in [0.05, 0.1) is 11.7 Å². The van der Waals surface area contributed by atoms with Crippen LogP contribution in [0.15, 0.2) is 12.3 Å². The van der Waals surface area contributed by atoms with E-state index in [1.165, 1.54) is 37.8 Å². The summed E-state index contributed by atoms with van der Waals surface area (Å²) in [6, 6.07) is 2.89. The molecule has 1 heterocycles. The number of halogens is 1. The molecule has 0 radical (unpaired) electrons. The lowest BCUT2D eigenvalue weighted by molar-refractivity contribution is 0.429. The van der Waals surface area contributed by atoms with Crippen molar-refractivity contribution in [2.75, 3.05) is 5.33 Å². The Hall–Kier alpha value is -0.310. The predicted octanol–water partition coefficient (Wildman–Crippen LogP) is 4.60. The third kappa shape index (κ3) is 3.84. The molecule has 1 fully saturated rings. The van der Waals surface area contributed by atoms with E-state index >= 15 is 0 Å². The molecule has 0 spiro atoms. The number of hydrogen-bond acceptors (Lipinski definition) is 1. The number of hydrogen-bond donors (Lipinski definition) is 0. The van der Waals surface area contributed by atoms with Crippen molar-refractivity contribution >= 4 is 15.9 Å². The molecule has 1 saturated carbocycles. The van der Waals surface area contributed by atoms with Gasteiger partial charge in [0, 0.05) is 11.5 Å². The van der Waals surface area contributed by atoms with Crippen molar-refractivity contribution < 1.29 is 0 Å². The van der Waals surface area contributed by atoms with Crippen molar-refractivity contribution in [3.8, 4) is 0 Å². The van der Waals surface area contributed by atoms with Crippen LogP contribution in [0.4, 0.5) is 0 Å². The summed E-state index contributed by atoms with van der Waals surface area (Å²) in [5, 5.41) is 5.87. The molecule has 2 nitrogen and oxygen atoms in total. The Morgan fingerprint density at radius 3 is 2.72 bits per heavy atom. The minimum absolute atomic E-state index is 0.672. The van der Waals surface area contributed by atoms with E-state index < -0.39 is 0 Å². The van der Waals surface area contributed by atoms with Gasteiger partial charge in [0.25, 0.3) is 0 Å². The fourth-order valence-corrected chi connectivity index (χ4v) is 3.51. The summed E-state index contributed by atoms with van der Waals surface area (Å²) in [5.41, 5.74) is 1.27. The van der Waals surface area contributed by atoms with Crippen LogP contribution in [-0.2, 0) is 6.42 Å². The highest BCUT2D eigenvalue weighted by Crippen LogP contribution is 2.29. The van der Waals surface area contributed by atoms with Gasteiger partial charge in [-0.1, -0.05) is 42.6 Å². The summed E-state index contributed by atoms with van der Waals surface area (Å²) in [7, 11) is 0. The van der Waals surface area contributed by atoms with Gasteiger partial charge >= 0.3 is 0 Å². The maximum Gasteiger partial charge on any atom is 0.0627 e. The zero-order chi connectivity index (χ0) is 13.0. The second-order valence-electron chi connectivity index (χ2n) is 6.08. The highest BCUT2D eigenvalue weighted by Gasteiger charge is 2.18. The summed E-state index contributed by atoms with van der Waals surface area (Å²) in [4.78, 5) is 0. The van der Waals surface area contributed by atoms with Crippen LogP contribution in [0.1, 0.15) is 57.7 Å². The van der Waals surface area contributed by atoms with E-state index in [0.717, 1.165) is 23.6 Å². The van der Waals surface area contributed by atoms with Crippen LogP contribution < -0.4 is 0 Å². The lowest BCUT2D eigenvalue weighted by Crippen LogP contribution is -2.11. The summed E-state index contributed by atoms with van der Waals surface area (Å²) in [5.74, 6) is 1.49. The molecule has 0 N–H and O–H groups in total. The Morgan fingerprint density at radius 2 is 2.11 bits per heavy atom. The molecule has 0 saturated heterocycles. The molecule has 0 aliphatic heterocycles. The molecule has 3 heteroatoms. The fraction of sp³-hybridized carbons (Fsp3) is 0.800. The molecule has 1 atom stereocenters. The lowest BCUT2D eigenvalue weighted by Gasteiger charge is -2.15. The van der Waals surface area contributed by atoms with Crippen LogP contribution in [0.3, 0.4) is 0 Å². The van der Waals surface area contributed by atoms with Crippen molar-refractivity contribution in [3.05, 3.63) is 18.0 Å². The maximum absolute atomic E-state index is 4.78. The predicted molar refractivity (Wildman–Crippen MR) is 80.2 cm³/mol. The second kappa shape index (κ2) is 6.74. The topological polar surface area (TPSA) is 17.8 Å². The van der Waals surface area contributed by atoms with E-state index in [-0.39, 0.29) is 0 Å². The summed E-state index contributed by atoms with van der Waals surface area (Å²) >= 11 is 3.64. The zero-order valence-corrected chi connectivity index (χ0v) is 13.2. The number of aromatic nitrogens is 2. The first-order chi connectivity index (χ1) is 8.69. The molecular formula is C15H25BrN2. The van der Waals surface area contributed by atoms with Gasteiger partial charge in [-0.15, -0.1) is 0 Å². The van der Waals surface area contributed by atoms with Gasteiger partial charge in [0.15, 0.2) is 0 Å². The Labute approximate surface area is 119 Å². The van der Waals surface area contributed by atoms with Gasteiger partial charge in [-0.25, -0.2) is 0 Å². The first kappa shape index (κ1) is 14.1. The average Bonchev–Trinajstić information content (AvgIpc) is 2.97. The van der Waals surface area contributed by atoms with Crippen molar-refractivity contribution in [2.45, 2.75) is 58.4 Å². The Balaban J connectivity index is 1.92. The van der Waals surface area contributed by atoms with Crippen molar-refractivity contribution in [3.63, 3.8) is 0 Å².